The molecule has 0 bridgehead atoms. The van der Waals surface area contributed by atoms with Crippen LogP contribution in [0.3, 0.4) is 0 Å². The minimum Gasteiger partial charge on any atom is -0.444 e. The lowest BCUT2D eigenvalue weighted by Gasteiger charge is -2.19. The summed E-state index contributed by atoms with van der Waals surface area (Å²) in [5.74, 6) is 0. The van der Waals surface area contributed by atoms with E-state index >= 15 is 0 Å². The zero-order valence-electron chi connectivity index (χ0n) is 9.91. The first kappa shape index (κ1) is 12.6. The third kappa shape index (κ3) is 4.38. The Hall–Kier alpha value is -1.45. The Labute approximate surface area is 97.6 Å². The summed E-state index contributed by atoms with van der Waals surface area (Å²) in [5.41, 5.74) is 1.07. The molecule has 0 heterocycles. The Kier molecular flexibility index (Phi) is 3.99. The van der Waals surface area contributed by atoms with Gasteiger partial charge < -0.3 is 10.1 Å². The summed E-state index contributed by atoms with van der Waals surface area (Å²) in [6.07, 6.45) is -0.434. The monoisotopic (exact) mass is 217 g/mol. The topological polar surface area (TPSA) is 38.3 Å². The Balaban J connectivity index is 2.47. The zero-order valence-corrected chi connectivity index (χ0v) is 9.91. The molecule has 1 aromatic rings. The van der Waals surface area contributed by atoms with Crippen molar-refractivity contribution in [2.45, 2.75) is 32.9 Å². The van der Waals surface area contributed by atoms with Crippen LogP contribution in [0.2, 0.25) is 0 Å². The maximum Gasteiger partial charge on any atom is 0.407 e. The fourth-order valence-electron chi connectivity index (χ4n) is 1.18. The van der Waals surface area contributed by atoms with Crippen molar-refractivity contribution in [1.82, 2.24) is 5.32 Å². The van der Waals surface area contributed by atoms with Crippen LogP contribution in [0.25, 0.3) is 0 Å². The molecule has 2 radical (unpaired) electrons. The summed E-state index contributed by atoms with van der Waals surface area (Å²) in [4.78, 5) is 11.4. The number of nitrogens with one attached hydrogen (secondary N) is 1. The van der Waals surface area contributed by atoms with Gasteiger partial charge in [0.25, 0.3) is 0 Å². The number of hydrogen-bond donors (Lipinski definition) is 1. The first-order chi connectivity index (χ1) is 7.38. The standard InChI is InChI=1S/C12H16BNO2/c1-12(2,3)16-11(15)14-8-9-6-4-5-7-10(9)13/h4-7H,8H2,1-3H3,(H,14,15). The predicted molar refractivity (Wildman–Crippen MR) is 64.9 cm³/mol. The molecule has 0 aliphatic heterocycles. The SMILES string of the molecule is [B]c1ccccc1CNC(=O)OC(C)(C)C. The van der Waals surface area contributed by atoms with Gasteiger partial charge in [-0.1, -0.05) is 29.7 Å². The molecule has 16 heavy (non-hydrogen) atoms. The molecule has 0 saturated heterocycles. The molecular formula is C12H16BNO2. The van der Waals surface area contributed by atoms with E-state index in [1.54, 1.807) is 6.07 Å². The molecule has 84 valence electrons. The van der Waals surface area contributed by atoms with E-state index in [4.69, 9.17) is 12.6 Å². The van der Waals surface area contributed by atoms with Gasteiger partial charge >= 0.3 is 6.09 Å². The van der Waals surface area contributed by atoms with Crippen molar-refractivity contribution in [3.05, 3.63) is 29.8 Å². The fraction of sp³-hybridized carbons (Fsp3) is 0.417. The van der Waals surface area contributed by atoms with Crippen molar-refractivity contribution in [3.8, 4) is 0 Å². The molecule has 1 N–H and O–H groups in total. The van der Waals surface area contributed by atoms with Gasteiger partial charge in [0.05, 0.1) is 0 Å². The average molecular weight is 217 g/mol. The molecule has 0 unspecified atom stereocenters. The molecule has 1 amide bonds. The highest BCUT2D eigenvalue weighted by molar-refractivity contribution is 6.33. The third-order valence-electron chi connectivity index (χ3n) is 1.88. The Morgan fingerprint density at radius 3 is 2.56 bits per heavy atom. The van der Waals surface area contributed by atoms with Crippen molar-refractivity contribution < 1.29 is 9.53 Å². The van der Waals surface area contributed by atoms with Gasteiger partial charge in [0.2, 0.25) is 0 Å². The molecule has 4 heteroatoms. The summed E-state index contributed by atoms with van der Waals surface area (Å²) in [5, 5.41) is 2.66. The normalized spacial score (nSPS) is 10.9. The van der Waals surface area contributed by atoms with Crippen molar-refractivity contribution in [1.29, 1.82) is 0 Å². The number of carbonyl (C=O) groups is 1. The summed E-state index contributed by atoms with van der Waals surface area (Å²) in [7, 11) is 5.74. The van der Waals surface area contributed by atoms with Crippen LogP contribution in [0.15, 0.2) is 24.3 Å². The van der Waals surface area contributed by atoms with E-state index in [0.29, 0.717) is 12.0 Å². The van der Waals surface area contributed by atoms with Gasteiger partial charge in [-0.3, -0.25) is 0 Å². The quantitative estimate of drug-likeness (QED) is 0.762. The van der Waals surface area contributed by atoms with E-state index in [9.17, 15) is 4.79 Å². The minimum absolute atomic E-state index is 0.377. The van der Waals surface area contributed by atoms with Gasteiger partial charge in [-0.25, -0.2) is 4.79 Å². The molecule has 1 aromatic carbocycles. The summed E-state index contributed by atoms with van der Waals surface area (Å²) >= 11 is 0. The van der Waals surface area contributed by atoms with Crippen LogP contribution in [0.4, 0.5) is 4.79 Å². The molecule has 0 atom stereocenters. The summed E-state index contributed by atoms with van der Waals surface area (Å²) < 4.78 is 5.11. The highest BCUT2D eigenvalue weighted by Gasteiger charge is 2.15. The largest absolute Gasteiger partial charge is 0.444 e. The number of hydrogen-bond acceptors (Lipinski definition) is 2. The molecule has 0 spiro atoms. The number of rotatable bonds is 2. The predicted octanol–water partition coefficient (Wildman–Crippen LogP) is 1.51. The van der Waals surface area contributed by atoms with Crippen LogP contribution in [-0.2, 0) is 11.3 Å². The lowest BCUT2D eigenvalue weighted by molar-refractivity contribution is 0.0524. The maximum absolute atomic E-state index is 11.4. The lowest BCUT2D eigenvalue weighted by Crippen LogP contribution is -2.33. The number of ether oxygens (including phenoxy) is 1. The van der Waals surface area contributed by atoms with E-state index in [2.05, 4.69) is 5.32 Å². The van der Waals surface area contributed by atoms with E-state index in [1.807, 2.05) is 39.0 Å². The Bertz CT molecular complexity index is 372. The van der Waals surface area contributed by atoms with E-state index in [-0.39, 0.29) is 0 Å². The van der Waals surface area contributed by atoms with Crippen LogP contribution < -0.4 is 10.8 Å². The van der Waals surface area contributed by atoms with Crippen molar-refractivity contribution >= 4 is 19.4 Å². The molecule has 0 aliphatic rings. The van der Waals surface area contributed by atoms with Crippen LogP contribution in [0.1, 0.15) is 26.3 Å². The van der Waals surface area contributed by atoms with Gasteiger partial charge in [-0.05, 0) is 26.3 Å². The molecule has 0 fully saturated rings. The first-order valence-corrected chi connectivity index (χ1v) is 5.19. The number of alkyl carbamates (subject to hydrolysis) is 1. The van der Waals surface area contributed by atoms with Gasteiger partial charge in [0.1, 0.15) is 13.4 Å². The average Bonchev–Trinajstić information content (AvgIpc) is 2.14. The molecule has 0 aromatic heterocycles. The van der Waals surface area contributed by atoms with Gasteiger partial charge in [0.15, 0.2) is 0 Å². The molecular weight excluding hydrogens is 201 g/mol. The molecule has 3 nitrogen and oxygen atoms in total. The second-order valence-corrected chi connectivity index (χ2v) is 4.55. The van der Waals surface area contributed by atoms with Crippen molar-refractivity contribution in [3.63, 3.8) is 0 Å². The van der Waals surface area contributed by atoms with Crippen LogP contribution >= 0.6 is 0 Å². The van der Waals surface area contributed by atoms with E-state index in [0.717, 1.165) is 5.56 Å². The highest BCUT2D eigenvalue weighted by atomic mass is 16.6. The smallest absolute Gasteiger partial charge is 0.407 e. The van der Waals surface area contributed by atoms with Crippen LogP contribution in [0, 0.1) is 0 Å². The number of amides is 1. The van der Waals surface area contributed by atoms with Gasteiger partial charge in [0, 0.05) is 6.54 Å². The number of benzene rings is 1. The zero-order chi connectivity index (χ0) is 12.2. The van der Waals surface area contributed by atoms with E-state index < -0.39 is 11.7 Å². The van der Waals surface area contributed by atoms with Gasteiger partial charge in [-0.2, -0.15) is 0 Å². The van der Waals surface area contributed by atoms with Crippen LogP contribution in [-0.4, -0.2) is 19.5 Å². The number of carbonyl (C=O) groups excluding carboxylic acids is 1. The summed E-state index contributed by atoms with van der Waals surface area (Å²) in [6.45, 7) is 5.85. The maximum atomic E-state index is 11.4. The second kappa shape index (κ2) is 5.06. The molecule has 0 saturated carbocycles. The van der Waals surface area contributed by atoms with E-state index in [1.165, 1.54) is 0 Å². The summed E-state index contributed by atoms with van der Waals surface area (Å²) in [6, 6.07) is 7.40. The van der Waals surface area contributed by atoms with Crippen molar-refractivity contribution in [2.75, 3.05) is 0 Å². The first-order valence-electron chi connectivity index (χ1n) is 5.19. The lowest BCUT2D eigenvalue weighted by atomic mass is 9.91. The molecule has 1 rings (SSSR count). The van der Waals surface area contributed by atoms with Crippen molar-refractivity contribution in [2.24, 2.45) is 0 Å². The Morgan fingerprint density at radius 1 is 1.38 bits per heavy atom. The van der Waals surface area contributed by atoms with Gasteiger partial charge in [-0.15, -0.1) is 0 Å². The van der Waals surface area contributed by atoms with Crippen LogP contribution in [0.5, 0.6) is 0 Å². The third-order valence-corrected chi connectivity index (χ3v) is 1.88. The molecule has 0 aliphatic carbocycles. The highest BCUT2D eigenvalue weighted by Crippen LogP contribution is 2.06. The minimum atomic E-state index is -0.480. The second-order valence-electron chi connectivity index (χ2n) is 4.55. The Morgan fingerprint density at radius 2 is 2.00 bits per heavy atom. The fourth-order valence-corrected chi connectivity index (χ4v) is 1.18.